The Hall–Kier alpha value is -2.49. The summed E-state index contributed by atoms with van der Waals surface area (Å²) in [7, 11) is 0. The summed E-state index contributed by atoms with van der Waals surface area (Å²) in [4.78, 5) is 22.3. The lowest BCUT2D eigenvalue weighted by Gasteiger charge is -2.28. The molecule has 0 bridgehead atoms. The van der Waals surface area contributed by atoms with E-state index in [9.17, 15) is 14.9 Å². The number of hydrogen-bond donors (Lipinski definition) is 0. The fourth-order valence-electron chi connectivity index (χ4n) is 3.46. The molecule has 0 N–H and O–H groups in total. The van der Waals surface area contributed by atoms with Crippen molar-refractivity contribution >= 4 is 11.5 Å². The Balaban J connectivity index is 0.000000722. The van der Waals surface area contributed by atoms with Crippen LogP contribution in [-0.4, -0.2) is 10.7 Å². The number of Topliss-reactive ketones (excluding diaryl/α,β-unsaturated/α-hetero) is 1. The molecule has 0 aliphatic heterocycles. The van der Waals surface area contributed by atoms with Crippen molar-refractivity contribution in [2.24, 2.45) is 11.8 Å². The van der Waals surface area contributed by atoms with E-state index in [0.717, 1.165) is 18.4 Å². The Morgan fingerprint density at radius 2 is 1.52 bits per heavy atom. The van der Waals surface area contributed by atoms with Gasteiger partial charge in [-0.05, 0) is 37.7 Å². The average Bonchev–Trinajstić information content (AvgIpc) is 2.70. The summed E-state index contributed by atoms with van der Waals surface area (Å²) in [5.41, 5.74) is 2.43. The van der Waals surface area contributed by atoms with Crippen molar-refractivity contribution in [3.8, 4) is 0 Å². The zero-order valence-electron chi connectivity index (χ0n) is 19.0. The third kappa shape index (κ3) is 9.51. The predicted octanol–water partition coefficient (Wildman–Crippen LogP) is 7.36. The summed E-state index contributed by atoms with van der Waals surface area (Å²) in [5, 5.41) is 10.7. The number of nitro benzene ring substituents is 1. The van der Waals surface area contributed by atoms with Gasteiger partial charge in [0.1, 0.15) is 5.78 Å². The van der Waals surface area contributed by atoms with Crippen LogP contribution in [0.25, 0.3) is 0 Å². The molecule has 0 heterocycles. The van der Waals surface area contributed by atoms with Crippen LogP contribution < -0.4 is 0 Å². The molecule has 0 radical (unpaired) electrons. The highest BCUT2D eigenvalue weighted by molar-refractivity contribution is 5.79. The monoisotopic (exact) mass is 399 g/mol. The predicted molar refractivity (Wildman–Crippen MR) is 122 cm³/mol. The normalized spacial score (nSPS) is 12.0. The number of hydrogen-bond acceptors (Lipinski definition) is 3. The highest BCUT2D eigenvalue weighted by atomic mass is 16.6. The molecule has 2 atom stereocenters. The zero-order chi connectivity index (χ0) is 22.4. The second kappa shape index (κ2) is 14.5. The van der Waals surface area contributed by atoms with Crippen molar-refractivity contribution in [1.29, 1.82) is 0 Å². The van der Waals surface area contributed by atoms with Crippen molar-refractivity contribution < 1.29 is 9.72 Å². The number of carbonyl (C=O) groups excluding carboxylic acids is 1. The maximum Gasteiger partial charge on any atom is 0.269 e. The van der Waals surface area contributed by atoms with Gasteiger partial charge in [0, 0.05) is 18.1 Å². The Bertz CT molecular complexity index is 709. The molecule has 0 saturated carbocycles. The van der Waals surface area contributed by atoms with E-state index in [1.165, 1.54) is 17.7 Å². The van der Waals surface area contributed by atoms with Gasteiger partial charge in [-0.1, -0.05) is 89.1 Å². The minimum atomic E-state index is -0.399. The van der Waals surface area contributed by atoms with Gasteiger partial charge < -0.3 is 0 Å². The van der Waals surface area contributed by atoms with Gasteiger partial charge in [-0.2, -0.15) is 0 Å². The molecule has 2 aromatic carbocycles. The van der Waals surface area contributed by atoms with E-state index < -0.39 is 4.92 Å². The number of rotatable bonds is 7. The summed E-state index contributed by atoms with van der Waals surface area (Å²) >= 11 is 0. The molecule has 4 nitrogen and oxygen atoms in total. The summed E-state index contributed by atoms with van der Waals surface area (Å²) in [5.74, 6) is 0.561. The van der Waals surface area contributed by atoms with Gasteiger partial charge in [-0.15, -0.1) is 0 Å². The number of benzene rings is 2. The van der Waals surface area contributed by atoms with Crippen molar-refractivity contribution in [1.82, 2.24) is 0 Å². The fraction of sp³-hybridized carbons (Fsp3) is 0.480. The van der Waals surface area contributed by atoms with Crippen molar-refractivity contribution in [2.75, 3.05) is 0 Å². The van der Waals surface area contributed by atoms with E-state index in [4.69, 9.17) is 0 Å². The number of nitrogens with zero attached hydrogens (tertiary/aromatic N) is 1. The third-order valence-electron chi connectivity index (χ3n) is 4.69. The van der Waals surface area contributed by atoms with Gasteiger partial charge >= 0.3 is 0 Å². The smallest absolute Gasteiger partial charge is 0.269 e. The van der Waals surface area contributed by atoms with Crippen LogP contribution in [0.4, 0.5) is 5.69 Å². The molecule has 0 spiro atoms. The van der Waals surface area contributed by atoms with Gasteiger partial charge in [0.15, 0.2) is 0 Å². The highest BCUT2D eigenvalue weighted by Crippen LogP contribution is 2.35. The largest absolute Gasteiger partial charge is 0.300 e. The Kier molecular flexibility index (Phi) is 13.3. The van der Waals surface area contributed by atoms with E-state index >= 15 is 0 Å². The van der Waals surface area contributed by atoms with Crippen LogP contribution in [0.5, 0.6) is 0 Å². The topological polar surface area (TPSA) is 60.2 Å². The highest BCUT2D eigenvalue weighted by Gasteiger charge is 2.29. The van der Waals surface area contributed by atoms with Crippen molar-refractivity contribution in [3.05, 3.63) is 75.8 Å². The summed E-state index contributed by atoms with van der Waals surface area (Å²) in [6.07, 6.45) is 1.90. The Morgan fingerprint density at radius 1 is 1.00 bits per heavy atom. The van der Waals surface area contributed by atoms with Crippen LogP contribution in [-0.2, 0) is 4.79 Å². The van der Waals surface area contributed by atoms with Crippen molar-refractivity contribution in [3.63, 3.8) is 0 Å². The molecule has 160 valence electrons. The first kappa shape index (κ1) is 26.5. The lowest BCUT2D eigenvalue weighted by molar-refractivity contribution is -0.384. The molecule has 0 aromatic heterocycles. The van der Waals surface area contributed by atoms with Gasteiger partial charge in [-0.3, -0.25) is 14.9 Å². The van der Waals surface area contributed by atoms with Gasteiger partial charge in [0.25, 0.3) is 5.69 Å². The van der Waals surface area contributed by atoms with E-state index in [-0.39, 0.29) is 29.2 Å². The Morgan fingerprint density at radius 3 is 1.83 bits per heavy atom. The first-order valence-corrected chi connectivity index (χ1v) is 10.5. The molecule has 2 rings (SSSR count). The Labute approximate surface area is 176 Å². The lowest BCUT2D eigenvalue weighted by Crippen LogP contribution is -2.25. The van der Waals surface area contributed by atoms with Crippen LogP contribution >= 0.6 is 0 Å². The number of carbonyl (C=O) groups is 1. The number of aryl methyl sites for hydroxylation is 1. The van der Waals surface area contributed by atoms with Gasteiger partial charge in [0.05, 0.1) is 4.92 Å². The van der Waals surface area contributed by atoms with Crippen LogP contribution in [0.3, 0.4) is 0 Å². The molecule has 0 saturated heterocycles. The van der Waals surface area contributed by atoms with E-state index in [2.05, 4.69) is 39.8 Å². The van der Waals surface area contributed by atoms with Crippen molar-refractivity contribution in [2.45, 2.75) is 67.2 Å². The molecule has 2 aromatic rings. The lowest BCUT2D eigenvalue weighted by atomic mass is 9.75. The third-order valence-corrected chi connectivity index (χ3v) is 4.69. The molecule has 2 unspecified atom stereocenters. The molecule has 0 fully saturated rings. The molecule has 0 amide bonds. The second-order valence-electron chi connectivity index (χ2n) is 7.28. The van der Waals surface area contributed by atoms with Gasteiger partial charge in [-0.25, -0.2) is 0 Å². The minimum absolute atomic E-state index is 0.0311. The molecule has 0 aliphatic rings. The van der Waals surface area contributed by atoms with Crippen LogP contribution in [0.1, 0.15) is 71.4 Å². The number of ketones is 1. The molecular formula is C25H37NO3. The first-order chi connectivity index (χ1) is 13.8. The second-order valence-corrected chi connectivity index (χ2v) is 7.28. The van der Waals surface area contributed by atoms with Crippen LogP contribution in [0.15, 0.2) is 54.6 Å². The summed E-state index contributed by atoms with van der Waals surface area (Å²) in [6.45, 7) is 13.9. The standard InChI is InChI=1S/C16H23NO3.C7H8.C2H6/c1-5-6-15(16(11(2)3)12(4)18)13-7-9-14(10-8-13)17(19)20;1-7-5-3-2-4-6-7;1-2/h7-11,15-16H,5-6H2,1-4H3;2-6H,1H3;1-2H3. The summed E-state index contributed by atoms with van der Waals surface area (Å²) < 4.78 is 0. The quantitative estimate of drug-likeness (QED) is 0.361. The number of non-ortho nitro benzene ring substituents is 1. The zero-order valence-corrected chi connectivity index (χ0v) is 19.0. The van der Waals surface area contributed by atoms with E-state index in [1.54, 1.807) is 19.1 Å². The maximum atomic E-state index is 11.9. The van der Waals surface area contributed by atoms with E-state index in [1.807, 2.05) is 32.0 Å². The molecule has 0 aliphatic carbocycles. The van der Waals surface area contributed by atoms with Gasteiger partial charge in [0.2, 0.25) is 0 Å². The minimum Gasteiger partial charge on any atom is -0.300 e. The van der Waals surface area contributed by atoms with Crippen LogP contribution in [0, 0.1) is 28.9 Å². The molecular weight excluding hydrogens is 362 g/mol. The summed E-state index contributed by atoms with van der Waals surface area (Å²) in [6, 6.07) is 16.9. The fourth-order valence-corrected chi connectivity index (χ4v) is 3.46. The first-order valence-electron chi connectivity index (χ1n) is 10.5. The molecule has 29 heavy (non-hydrogen) atoms. The molecule has 4 heteroatoms. The van der Waals surface area contributed by atoms with Crippen LogP contribution in [0.2, 0.25) is 0 Å². The average molecular weight is 400 g/mol. The SMILES string of the molecule is CC.CCCC(c1ccc([N+](=O)[O-])cc1)C(C(C)=O)C(C)C.Cc1ccccc1. The van der Waals surface area contributed by atoms with E-state index in [0.29, 0.717) is 0 Å². The maximum absolute atomic E-state index is 11.9. The number of nitro groups is 1.